The van der Waals surface area contributed by atoms with Gasteiger partial charge in [-0.2, -0.15) is 0 Å². The van der Waals surface area contributed by atoms with Crippen LogP contribution in [0, 0.1) is 0 Å². The Morgan fingerprint density at radius 2 is 1.38 bits per heavy atom. The van der Waals surface area contributed by atoms with Crippen LogP contribution < -0.4 is 5.73 Å². The van der Waals surface area contributed by atoms with Crippen molar-refractivity contribution in [3.8, 4) is 11.1 Å². The Kier molecular flexibility index (Phi) is 2.65. The molecule has 4 aromatic rings. The van der Waals surface area contributed by atoms with Crippen molar-refractivity contribution in [1.82, 2.24) is 0 Å². The largest absolute Gasteiger partial charge is 0.399 e. The van der Waals surface area contributed by atoms with Gasteiger partial charge in [0.15, 0.2) is 0 Å². The number of hydrogen-bond donors (Lipinski definition) is 1. The minimum Gasteiger partial charge on any atom is -0.399 e. The lowest BCUT2D eigenvalue weighted by atomic mass is 9.96. The number of benzene rings is 4. The topological polar surface area (TPSA) is 26.0 Å². The molecule has 0 atom stereocenters. The van der Waals surface area contributed by atoms with Gasteiger partial charge in [-0.05, 0) is 50.9 Å². The Morgan fingerprint density at radius 3 is 2.33 bits per heavy atom. The molecule has 2 N–H and O–H groups in total. The lowest BCUT2D eigenvalue weighted by Crippen LogP contribution is -1.85. The molecule has 1 heteroatoms. The average Bonchev–Trinajstić information content (AvgIpc) is 2.53. The van der Waals surface area contributed by atoms with Gasteiger partial charge in [0.25, 0.3) is 0 Å². The van der Waals surface area contributed by atoms with Crippen LogP contribution >= 0.6 is 0 Å². The standard InChI is InChI=1S/C20H15N/c21-18-11-10-14-8-9-16(12-17(14)13-18)20-7-3-5-15-4-1-2-6-19(15)20/h1-13H,21H2. The Balaban J connectivity index is 2.00. The van der Waals surface area contributed by atoms with E-state index in [0.717, 1.165) is 5.69 Å². The molecule has 0 aromatic heterocycles. The fraction of sp³-hybridized carbons (Fsp3) is 0. The fourth-order valence-electron chi connectivity index (χ4n) is 2.91. The first-order chi connectivity index (χ1) is 10.3. The second kappa shape index (κ2) is 4.64. The molecule has 0 bridgehead atoms. The lowest BCUT2D eigenvalue weighted by molar-refractivity contribution is 1.67. The molecule has 4 aromatic carbocycles. The van der Waals surface area contributed by atoms with E-state index in [9.17, 15) is 0 Å². The number of anilines is 1. The van der Waals surface area contributed by atoms with E-state index in [1.807, 2.05) is 12.1 Å². The maximum Gasteiger partial charge on any atom is 0.0320 e. The van der Waals surface area contributed by atoms with Crippen LogP contribution in [0.1, 0.15) is 0 Å². The van der Waals surface area contributed by atoms with Crippen molar-refractivity contribution in [2.45, 2.75) is 0 Å². The molecular formula is C20H15N. The summed E-state index contributed by atoms with van der Waals surface area (Å²) in [5.74, 6) is 0. The quantitative estimate of drug-likeness (QED) is 0.470. The second-order valence-corrected chi connectivity index (χ2v) is 5.35. The normalized spacial score (nSPS) is 11.0. The Labute approximate surface area is 123 Å². The van der Waals surface area contributed by atoms with Crippen molar-refractivity contribution < 1.29 is 0 Å². The molecule has 0 amide bonds. The molecule has 0 heterocycles. The van der Waals surface area contributed by atoms with Gasteiger partial charge in [0.1, 0.15) is 0 Å². The zero-order valence-corrected chi connectivity index (χ0v) is 11.6. The first-order valence-corrected chi connectivity index (χ1v) is 7.09. The molecule has 0 aliphatic heterocycles. The van der Waals surface area contributed by atoms with Crippen LogP contribution in [0.3, 0.4) is 0 Å². The van der Waals surface area contributed by atoms with Crippen molar-refractivity contribution in [2.24, 2.45) is 0 Å². The van der Waals surface area contributed by atoms with Gasteiger partial charge in [-0.3, -0.25) is 0 Å². The molecule has 0 fully saturated rings. The van der Waals surface area contributed by atoms with Gasteiger partial charge in [-0.1, -0.05) is 60.7 Å². The van der Waals surface area contributed by atoms with Gasteiger partial charge in [-0.25, -0.2) is 0 Å². The van der Waals surface area contributed by atoms with Gasteiger partial charge >= 0.3 is 0 Å². The molecule has 0 aliphatic rings. The predicted octanol–water partition coefficient (Wildman–Crippen LogP) is 5.24. The molecule has 0 radical (unpaired) electrons. The van der Waals surface area contributed by atoms with Crippen molar-refractivity contribution in [1.29, 1.82) is 0 Å². The molecule has 0 saturated heterocycles. The van der Waals surface area contributed by atoms with Crippen LogP contribution in [0.2, 0.25) is 0 Å². The van der Waals surface area contributed by atoms with E-state index in [2.05, 4.69) is 66.7 Å². The summed E-state index contributed by atoms with van der Waals surface area (Å²) in [6, 6.07) is 27.5. The highest BCUT2D eigenvalue weighted by Crippen LogP contribution is 2.31. The van der Waals surface area contributed by atoms with Crippen molar-refractivity contribution in [3.63, 3.8) is 0 Å². The maximum atomic E-state index is 5.90. The van der Waals surface area contributed by atoms with Crippen molar-refractivity contribution >= 4 is 27.2 Å². The summed E-state index contributed by atoms with van der Waals surface area (Å²) in [4.78, 5) is 0. The SMILES string of the molecule is Nc1ccc2ccc(-c3cccc4ccccc34)cc2c1. The molecule has 4 rings (SSSR count). The lowest BCUT2D eigenvalue weighted by Gasteiger charge is -2.08. The highest BCUT2D eigenvalue weighted by molar-refractivity contribution is 5.99. The highest BCUT2D eigenvalue weighted by atomic mass is 14.5. The highest BCUT2D eigenvalue weighted by Gasteiger charge is 2.04. The third-order valence-corrected chi connectivity index (χ3v) is 3.96. The zero-order chi connectivity index (χ0) is 14.2. The van der Waals surface area contributed by atoms with Crippen molar-refractivity contribution in [3.05, 3.63) is 78.9 Å². The first-order valence-electron chi connectivity index (χ1n) is 7.09. The number of hydrogen-bond acceptors (Lipinski definition) is 1. The van der Waals surface area contributed by atoms with Gasteiger partial charge in [0.05, 0.1) is 0 Å². The number of fused-ring (bicyclic) bond motifs is 2. The van der Waals surface area contributed by atoms with E-state index in [-0.39, 0.29) is 0 Å². The van der Waals surface area contributed by atoms with Crippen LogP contribution in [0.25, 0.3) is 32.7 Å². The maximum absolute atomic E-state index is 5.90. The Morgan fingerprint density at radius 1 is 0.571 bits per heavy atom. The van der Waals surface area contributed by atoms with Gasteiger partial charge in [-0.15, -0.1) is 0 Å². The summed E-state index contributed by atoms with van der Waals surface area (Å²) in [5, 5.41) is 4.94. The van der Waals surface area contributed by atoms with Crippen molar-refractivity contribution in [2.75, 3.05) is 5.73 Å². The zero-order valence-electron chi connectivity index (χ0n) is 11.6. The van der Waals surface area contributed by atoms with Crippen LogP contribution in [-0.2, 0) is 0 Å². The van der Waals surface area contributed by atoms with E-state index in [4.69, 9.17) is 5.73 Å². The molecule has 21 heavy (non-hydrogen) atoms. The van der Waals surface area contributed by atoms with Gasteiger partial charge in [0, 0.05) is 5.69 Å². The second-order valence-electron chi connectivity index (χ2n) is 5.35. The molecule has 0 saturated carbocycles. The molecule has 100 valence electrons. The molecule has 0 spiro atoms. The van der Waals surface area contributed by atoms with E-state index < -0.39 is 0 Å². The fourth-order valence-corrected chi connectivity index (χ4v) is 2.91. The summed E-state index contributed by atoms with van der Waals surface area (Å²) in [5.41, 5.74) is 9.19. The number of nitrogens with two attached hydrogens (primary N) is 1. The third kappa shape index (κ3) is 2.03. The molecular weight excluding hydrogens is 254 g/mol. The number of rotatable bonds is 1. The number of nitrogen functional groups attached to an aromatic ring is 1. The van der Waals surface area contributed by atoms with Crippen LogP contribution in [0.5, 0.6) is 0 Å². The van der Waals surface area contributed by atoms with E-state index in [1.165, 1.54) is 32.7 Å². The molecule has 0 aliphatic carbocycles. The van der Waals surface area contributed by atoms with Crippen LogP contribution in [-0.4, -0.2) is 0 Å². The van der Waals surface area contributed by atoms with E-state index in [1.54, 1.807) is 0 Å². The summed E-state index contributed by atoms with van der Waals surface area (Å²) in [6.45, 7) is 0. The minimum absolute atomic E-state index is 0.803. The van der Waals surface area contributed by atoms with Gasteiger partial charge < -0.3 is 5.73 Å². The molecule has 0 unspecified atom stereocenters. The van der Waals surface area contributed by atoms with E-state index in [0.29, 0.717) is 0 Å². The first kappa shape index (κ1) is 12.0. The smallest absolute Gasteiger partial charge is 0.0320 e. The minimum atomic E-state index is 0.803. The monoisotopic (exact) mass is 269 g/mol. The summed E-state index contributed by atoms with van der Waals surface area (Å²) in [6.07, 6.45) is 0. The summed E-state index contributed by atoms with van der Waals surface area (Å²) in [7, 11) is 0. The predicted molar refractivity (Wildman–Crippen MR) is 91.3 cm³/mol. The average molecular weight is 269 g/mol. The van der Waals surface area contributed by atoms with E-state index >= 15 is 0 Å². The molecule has 1 nitrogen and oxygen atoms in total. The summed E-state index contributed by atoms with van der Waals surface area (Å²) < 4.78 is 0. The Bertz CT molecular complexity index is 949. The third-order valence-electron chi connectivity index (χ3n) is 3.96. The van der Waals surface area contributed by atoms with Crippen LogP contribution in [0.15, 0.2) is 78.9 Å². The van der Waals surface area contributed by atoms with Crippen LogP contribution in [0.4, 0.5) is 5.69 Å². The van der Waals surface area contributed by atoms with Gasteiger partial charge in [0.2, 0.25) is 0 Å². The Hall–Kier alpha value is -2.80. The summed E-state index contributed by atoms with van der Waals surface area (Å²) >= 11 is 0.